The zero-order valence-electron chi connectivity index (χ0n) is 35.2. The molecule has 0 bridgehead atoms. The molecule has 0 unspecified atom stereocenters. The van der Waals surface area contributed by atoms with Gasteiger partial charge in [0.25, 0.3) is 8.32 Å². The molecule has 4 aliphatic rings. The summed E-state index contributed by atoms with van der Waals surface area (Å²) in [7, 11) is -2.11. The Morgan fingerprint density at radius 3 is 1.60 bits per heavy atom. The van der Waals surface area contributed by atoms with E-state index in [0.717, 1.165) is 71.9 Å². The highest BCUT2D eigenvalue weighted by molar-refractivity contribution is 6.74. The lowest BCUT2D eigenvalue weighted by Crippen LogP contribution is -2.44. The second kappa shape index (κ2) is 16.6. The molecule has 8 rings (SSSR count). The Morgan fingerprint density at radius 2 is 1.12 bits per heavy atom. The fraction of sp³-hybridized carbons (Fsp3) is 0.609. The number of fused-ring (bicyclic) bond motifs is 6. The summed E-state index contributed by atoms with van der Waals surface area (Å²) in [6.07, 6.45) is 12.2. The first-order chi connectivity index (χ1) is 27.2. The number of aromatic hydroxyl groups is 1. The quantitative estimate of drug-likeness (QED) is 0.0941. The number of phenols is 1. The number of hydrogen-bond acceptors (Lipinski definition) is 10. The highest BCUT2D eigenvalue weighted by Gasteiger charge is 2.44. The maximum atomic E-state index is 12.9. The summed E-state index contributed by atoms with van der Waals surface area (Å²) in [5.74, 6) is -0.239. The molecule has 57 heavy (non-hydrogen) atoms. The molecule has 0 atom stereocenters. The Hall–Kier alpha value is -3.48. The van der Waals surface area contributed by atoms with Crippen LogP contribution in [0.25, 0.3) is 21.9 Å². The Kier molecular flexibility index (Phi) is 12.2. The molecule has 2 aromatic carbocycles. The Labute approximate surface area is 337 Å². The smallest absolute Gasteiger partial charge is 0.339 e. The van der Waals surface area contributed by atoms with Crippen molar-refractivity contribution in [3.8, 4) is 11.5 Å². The number of phenolic OH excluding ortho intramolecular Hbond substituents is 1. The first-order valence-electron chi connectivity index (χ1n) is 21.3. The van der Waals surface area contributed by atoms with Crippen molar-refractivity contribution in [1.82, 2.24) is 0 Å². The molecule has 0 radical (unpaired) electrons. The summed E-state index contributed by atoms with van der Waals surface area (Å²) in [5, 5.41) is 12.3. The van der Waals surface area contributed by atoms with Crippen LogP contribution >= 0.6 is 0 Å². The third-order valence-electron chi connectivity index (χ3n) is 12.8. The number of rotatable bonds is 10. The maximum Gasteiger partial charge on any atom is 0.339 e. The molecule has 2 fully saturated rings. The molecule has 310 valence electrons. The SMILES string of the molecule is CCCCCc1cc(O)c2c3c(c(=O)oc2c1)CCC1(C3)OCCO1.CCCCCc1cc(O[Si](C)(C)C(C)(C)C)c2c3c(c(=O)oc2c1)CCC1(C3)OCCO1. The van der Waals surface area contributed by atoms with Gasteiger partial charge in [-0.15, -0.1) is 0 Å². The molecule has 2 aliphatic heterocycles. The lowest BCUT2D eigenvalue weighted by Gasteiger charge is -2.37. The molecule has 11 heteroatoms. The van der Waals surface area contributed by atoms with Crippen LogP contribution in [0.5, 0.6) is 11.5 Å². The zero-order valence-corrected chi connectivity index (χ0v) is 36.2. The lowest BCUT2D eigenvalue weighted by atomic mass is 9.85. The summed E-state index contributed by atoms with van der Waals surface area (Å²) in [6.45, 7) is 18.0. The van der Waals surface area contributed by atoms with E-state index in [-0.39, 0.29) is 22.0 Å². The second-order valence-electron chi connectivity index (χ2n) is 18.0. The van der Waals surface area contributed by atoms with E-state index in [1.165, 1.54) is 18.4 Å². The van der Waals surface area contributed by atoms with Crippen LogP contribution in [-0.4, -0.2) is 51.4 Å². The summed E-state index contributed by atoms with van der Waals surface area (Å²) in [6, 6.07) is 7.93. The van der Waals surface area contributed by atoms with Crippen LogP contribution in [0.4, 0.5) is 0 Å². The van der Waals surface area contributed by atoms with Crippen LogP contribution in [-0.2, 0) is 57.5 Å². The average Bonchev–Trinajstić information content (AvgIpc) is 3.80. The molecule has 0 amide bonds. The van der Waals surface area contributed by atoms with Crippen LogP contribution in [0.1, 0.15) is 119 Å². The summed E-state index contributed by atoms with van der Waals surface area (Å²) in [4.78, 5) is 25.4. The van der Waals surface area contributed by atoms with E-state index in [2.05, 4.69) is 53.8 Å². The van der Waals surface area contributed by atoms with E-state index in [4.69, 9.17) is 32.2 Å². The number of benzene rings is 2. The number of aryl methyl sites for hydroxylation is 2. The topological polar surface area (TPSA) is 127 Å². The lowest BCUT2D eigenvalue weighted by molar-refractivity contribution is -0.164. The molecule has 1 N–H and O–H groups in total. The Bertz CT molecular complexity index is 2200. The minimum Gasteiger partial charge on any atom is -0.543 e. The maximum absolute atomic E-state index is 12.9. The third kappa shape index (κ3) is 8.64. The predicted octanol–water partition coefficient (Wildman–Crippen LogP) is 9.60. The van der Waals surface area contributed by atoms with E-state index < -0.39 is 19.9 Å². The monoisotopic (exact) mass is 802 g/mol. The van der Waals surface area contributed by atoms with E-state index >= 15 is 0 Å². The van der Waals surface area contributed by atoms with Crippen molar-refractivity contribution in [3.63, 3.8) is 0 Å². The molecule has 0 saturated carbocycles. The Balaban J connectivity index is 0.000000179. The van der Waals surface area contributed by atoms with Gasteiger partial charge in [-0.1, -0.05) is 60.3 Å². The molecule has 2 aliphatic carbocycles. The van der Waals surface area contributed by atoms with Crippen LogP contribution < -0.4 is 15.7 Å². The first-order valence-corrected chi connectivity index (χ1v) is 24.2. The number of unbranched alkanes of at least 4 members (excludes halogenated alkanes) is 4. The van der Waals surface area contributed by atoms with E-state index in [0.29, 0.717) is 87.1 Å². The van der Waals surface area contributed by atoms with E-state index in [1.54, 1.807) is 6.07 Å². The van der Waals surface area contributed by atoms with Gasteiger partial charge in [0.15, 0.2) is 11.6 Å². The molecular formula is C46H62O10Si. The highest BCUT2D eigenvalue weighted by Crippen LogP contribution is 2.44. The van der Waals surface area contributed by atoms with Gasteiger partial charge < -0.3 is 37.3 Å². The van der Waals surface area contributed by atoms with Gasteiger partial charge in [0.1, 0.15) is 22.7 Å². The summed E-state index contributed by atoms with van der Waals surface area (Å²) < 4.78 is 42.0. The third-order valence-corrected chi connectivity index (χ3v) is 17.2. The van der Waals surface area contributed by atoms with Crippen molar-refractivity contribution in [3.05, 3.63) is 78.5 Å². The molecule has 2 spiro atoms. The van der Waals surface area contributed by atoms with Gasteiger partial charge >= 0.3 is 11.3 Å². The van der Waals surface area contributed by atoms with Gasteiger partial charge in [0, 0.05) is 36.8 Å². The average molecular weight is 803 g/mol. The van der Waals surface area contributed by atoms with Crippen molar-refractivity contribution >= 4 is 30.3 Å². The molecule has 10 nitrogen and oxygen atoms in total. The minimum atomic E-state index is -2.11. The minimum absolute atomic E-state index is 0.0616. The van der Waals surface area contributed by atoms with Crippen molar-refractivity contribution < 1.29 is 37.3 Å². The van der Waals surface area contributed by atoms with Crippen LogP contribution in [0.2, 0.25) is 18.1 Å². The fourth-order valence-corrected chi connectivity index (χ4v) is 9.63. The molecule has 4 heterocycles. The van der Waals surface area contributed by atoms with Crippen molar-refractivity contribution in [2.24, 2.45) is 0 Å². The molecule has 4 aromatic rings. The van der Waals surface area contributed by atoms with Gasteiger partial charge in [0.05, 0.1) is 37.2 Å². The highest BCUT2D eigenvalue weighted by atomic mass is 28.4. The standard InChI is InChI=1S/C26H38O5Si.C20H24O5/c1-7-8-9-10-18-15-21-23(22(16-18)31-32(5,6)25(2,3)4)20-17-26(28-13-14-29-26)12-11-19(20)24(27)30-21;1-2-3-4-5-13-10-16(21)18-15-12-20(23-8-9-24-20)7-6-14(15)19(22)25-17(18)11-13/h15-16H,7-14,17H2,1-6H3;10-11,21H,2-9,12H2,1H3. The van der Waals surface area contributed by atoms with Crippen LogP contribution in [0.15, 0.2) is 42.7 Å². The predicted molar refractivity (Wildman–Crippen MR) is 224 cm³/mol. The van der Waals surface area contributed by atoms with Gasteiger partial charge in [-0.05, 0) is 103 Å². The molecule has 2 aromatic heterocycles. The second-order valence-corrected chi connectivity index (χ2v) is 22.7. The number of hydrogen-bond donors (Lipinski definition) is 1. The zero-order chi connectivity index (χ0) is 40.6. The van der Waals surface area contributed by atoms with Gasteiger partial charge in [0.2, 0.25) is 0 Å². The van der Waals surface area contributed by atoms with E-state index in [1.807, 2.05) is 12.1 Å². The molecular weight excluding hydrogens is 741 g/mol. The largest absolute Gasteiger partial charge is 0.543 e. The first kappa shape index (κ1) is 41.7. The van der Waals surface area contributed by atoms with Crippen molar-refractivity contribution in [1.29, 1.82) is 0 Å². The van der Waals surface area contributed by atoms with Crippen LogP contribution in [0.3, 0.4) is 0 Å². The summed E-state index contributed by atoms with van der Waals surface area (Å²) >= 11 is 0. The fourth-order valence-electron chi connectivity index (χ4n) is 8.62. The van der Waals surface area contributed by atoms with Gasteiger partial charge in [-0.25, -0.2) is 9.59 Å². The van der Waals surface area contributed by atoms with E-state index in [9.17, 15) is 14.7 Å². The number of ether oxygens (including phenoxy) is 4. The van der Waals surface area contributed by atoms with Gasteiger partial charge in [-0.3, -0.25) is 0 Å². The van der Waals surface area contributed by atoms with Crippen molar-refractivity contribution in [2.75, 3.05) is 26.4 Å². The van der Waals surface area contributed by atoms with Crippen molar-refractivity contribution in [2.45, 2.75) is 154 Å². The molecule has 2 saturated heterocycles. The normalized spacial score (nSPS) is 18.5. The Morgan fingerprint density at radius 1 is 0.667 bits per heavy atom. The summed E-state index contributed by atoms with van der Waals surface area (Å²) in [5.41, 5.74) is 5.92. The van der Waals surface area contributed by atoms with Gasteiger partial charge in [-0.2, -0.15) is 0 Å². The van der Waals surface area contributed by atoms with Crippen LogP contribution in [0, 0.1) is 0 Å².